The van der Waals surface area contributed by atoms with Crippen LogP contribution in [0, 0.1) is 0 Å². The van der Waals surface area contributed by atoms with Crippen LogP contribution in [0.4, 0.5) is 11.4 Å². The number of pyridine rings is 1. The van der Waals surface area contributed by atoms with Crippen molar-refractivity contribution in [3.05, 3.63) is 48.2 Å². The summed E-state index contributed by atoms with van der Waals surface area (Å²) in [6, 6.07) is 10.3. The number of aromatic nitrogens is 1. The normalized spacial score (nSPS) is 14.3. The largest absolute Gasteiger partial charge is 0.477 e. The average molecular weight is 384 g/mol. The second-order valence-corrected chi connectivity index (χ2v) is 6.26. The summed E-state index contributed by atoms with van der Waals surface area (Å²) in [6.45, 7) is 5.43. The summed E-state index contributed by atoms with van der Waals surface area (Å²) in [4.78, 5) is 30.8. The lowest BCUT2D eigenvalue weighted by Crippen LogP contribution is -2.41. The van der Waals surface area contributed by atoms with E-state index in [1.807, 2.05) is 6.92 Å². The quantitative estimate of drug-likeness (QED) is 0.759. The molecule has 1 saturated heterocycles. The summed E-state index contributed by atoms with van der Waals surface area (Å²) >= 11 is 0. The molecule has 8 heteroatoms. The van der Waals surface area contributed by atoms with Crippen LogP contribution >= 0.6 is 0 Å². The zero-order chi connectivity index (χ0) is 19.8. The first-order valence-corrected chi connectivity index (χ1v) is 9.25. The lowest BCUT2D eigenvalue weighted by atomic mass is 10.2. The first-order chi connectivity index (χ1) is 13.7. The van der Waals surface area contributed by atoms with E-state index in [4.69, 9.17) is 9.47 Å². The van der Waals surface area contributed by atoms with Gasteiger partial charge in [-0.25, -0.2) is 4.98 Å². The molecule has 1 aromatic carbocycles. The molecule has 2 aromatic rings. The van der Waals surface area contributed by atoms with E-state index in [9.17, 15) is 9.59 Å². The van der Waals surface area contributed by atoms with E-state index in [1.165, 1.54) is 0 Å². The Morgan fingerprint density at radius 3 is 2.46 bits per heavy atom. The Balaban J connectivity index is 1.55. The van der Waals surface area contributed by atoms with Crippen LogP contribution in [-0.2, 0) is 9.53 Å². The fourth-order valence-electron chi connectivity index (χ4n) is 2.81. The minimum Gasteiger partial charge on any atom is -0.477 e. The third-order valence-electron chi connectivity index (χ3n) is 4.19. The van der Waals surface area contributed by atoms with Crippen molar-refractivity contribution >= 4 is 23.2 Å². The number of hydrogen-bond donors (Lipinski definition) is 2. The molecule has 2 heterocycles. The highest BCUT2D eigenvalue weighted by molar-refractivity contribution is 6.06. The highest BCUT2D eigenvalue weighted by Gasteiger charge is 2.15. The molecule has 0 saturated carbocycles. The molecule has 1 aromatic heterocycles. The number of nitrogens with zero attached hydrogens (tertiary/aromatic N) is 2. The molecule has 0 atom stereocenters. The van der Waals surface area contributed by atoms with Crippen molar-refractivity contribution in [3.63, 3.8) is 0 Å². The molecule has 0 spiro atoms. The van der Waals surface area contributed by atoms with Gasteiger partial charge in [-0.3, -0.25) is 14.5 Å². The Bertz CT molecular complexity index is 804. The monoisotopic (exact) mass is 384 g/mol. The molecule has 1 aliphatic rings. The van der Waals surface area contributed by atoms with Gasteiger partial charge in [-0.1, -0.05) is 0 Å². The van der Waals surface area contributed by atoms with Crippen molar-refractivity contribution in [2.45, 2.75) is 6.92 Å². The summed E-state index contributed by atoms with van der Waals surface area (Å²) in [6.07, 6.45) is 1.58. The second-order valence-electron chi connectivity index (χ2n) is 6.26. The average Bonchev–Trinajstić information content (AvgIpc) is 2.71. The summed E-state index contributed by atoms with van der Waals surface area (Å²) < 4.78 is 10.7. The number of carbonyl (C=O) groups excluding carboxylic acids is 2. The van der Waals surface area contributed by atoms with Crippen LogP contribution in [0.3, 0.4) is 0 Å². The van der Waals surface area contributed by atoms with Gasteiger partial charge in [-0.15, -0.1) is 0 Å². The van der Waals surface area contributed by atoms with E-state index in [2.05, 4.69) is 20.5 Å². The molecule has 1 aliphatic heterocycles. The predicted molar refractivity (Wildman–Crippen MR) is 106 cm³/mol. The first kappa shape index (κ1) is 19.8. The fourth-order valence-corrected chi connectivity index (χ4v) is 2.81. The molecule has 3 rings (SSSR count). The number of carbonyl (C=O) groups is 2. The predicted octanol–water partition coefficient (Wildman–Crippen LogP) is 2.00. The van der Waals surface area contributed by atoms with Crippen LogP contribution in [0.1, 0.15) is 17.3 Å². The van der Waals surface area contributed by atoms with Crippen LogP contribution in [0.5, 0.6) is 5.88 Å². The number of rotatable bonds is 7. The fraction of sp³-hybridized carbons (Fsp3) is 0.350. The maximum atomic E-state index is 12.5. The summed E-state index contributed by atoms with van der Waals surface area (Å²) in [7, 11) is 0. The number of amides is 2. The van der Waals surface area contributed by atoms with E-state index in [-0.39, 0.29) is 11.8 Å². The van der Waals surface area contributed by atoms with Gasteiger partial charge in [0.25, 0.3) is 5.91 Å². The molecule has 8 nitrogen and oxygen atoms in total. The number of morpholine rings is 1. The minimum atomic E-state index is -0.305. The van der Waals surface area contributed by atoms with Crippen molar-refractivity contribution in [2.24, 2.45) is 0 Å². The van der Waals surface area contributed by atoms with Gasteiger partial charge in [0.05, 0.1) is 26.4 Å². The van der Waals surface area contributed by atoms with Crippen molar-refractivity contribution in [1.82, 2.24) is 9.88 Å². The van der Waals surface area contributed by atoms with Gasteiger partial charge in [0.1, 0.15) is 5.56 Å². The van der Waals surface area contributed by atoms with Crippen LogP contribution in [-0.4, -0.2) is 61.2 Å². The molecule has 148 valence electrons. The molecule has 2 N–H and O–H groups in total. The maximum Gasteiger partial charge on any atom is 0.261 e. The Labute approximate surface area is 163 Å². The highest BCUT2D eigenvalue weighted by Crippen LogP contribution is 2.18. The zero-order valence-corrected chi connectivity index (χ0v) is 15.8. The van der Waals surface area contributed by atoms with E-state index in [0.717, 1.165) is 13.1 Å². The van der Waals surface area contributed by atoms with Gasteiger partial charge >= 0.3 is 0 Å². The first-order valence-electron chi connectivity index (χ1n) is 9.25. The van der Waals surface area contributed by atoms with E-state index < -0.39 is 0 Å². The molecular formula is C20H24N4O4. The van der Waals surface area contributed by atoms with E-state index >= 15 is 0 Å². The summed E-state index contributed by atoms with van der Waals surface area (Å²) in [5.41, 5.74) is 1.65. The third-order valence-corrected chi connectivity index (χ3v) is 4.19. The molecule has 28 heavy (non-hydrogen) atoms. The second kappa shape index (κ2) is 9.82. The van der Waals surface area contributed by atoms with E-state index in [1.54, 1.807) is 42.6 Å². The minimum absolute atomic E-state index is 0.0737. The number of nitrogens with one attached hydrogen (secondary N) is 2. The topological polar surface area (TPSA) is 92.8 Å². The molecule has 0 radical (unpaired) electrons. The van der Waals surface area contributed by atoms with Crippen molar-refractivity contribution in [2.75, 3.05) is 50.1 Å². The molecule has 0 bridgehead atoms. The molecule has 1 fully saturated rings. The highest BCUT2D eigenvalue weighted by atomic mass is 16.5. The van der Waals surface area contributed by atoms with Gasteiger partial charge in [0.2, 0.25) is 11.8 Å². The SMILES string of the molecule is CCOc1ncccc1C(=O)Nc1ccc(NC(=O)CN2CCOCC2)cc1. The maximum absolute atomic E-state index is 12.5. The van der Waals surface area contributed by atoms with Crippen LogP contribution in [0.15, 0.2) is 42.6 Å². The van der Waals surface area contributed by atoms with Gasteiger partial charge in [-0.2, -0.15) is 0 Å². The Morgan fingerprint density at radius 1 is 1.11 bits per heavy atom. The summed E-state index contributed by atoms with van der Waals surface area (Å²) in [5.74, 6) is -0.0782. The zero-order valence-electron chi connectivity index (χ0n) is 15.8. The van der Waals surface area contributed by atoms with Gasteiger partial charge < -0.3 is 20.1 Å². The molecular weight excluding hydrogens is 360 g/mol. The van der Waals surface area contributed by atoms with Gasteiger partial charge in [-0.05, 0) is 43.3 Å². The van der Waals surface area contributed by atoms with Crippen LogP contribution in [0.25, 0.3) is 0 Å². The van der Waals surface area contributed by atoms with E-state index in [0.29, 0.717) is 49.2 Å². The molecule has 0 unspecified atom stereocenters. The number of anilines is 2. The van der Waals surface area contributed by atoms with Crippen molar-refractivity contribution < 1.29 is 19.1 Å². The molecule has 0 aliphatic carbocycles. The standard InChI is InChI=1S/C20H24N4O4/c1-2-28-20-17(4-3-9-21-20)19(26)23-16-7-5-15(6-8-16)22-18(25)14-24-10-12-27-13-11-24/h3-9H,2,10-14H2,1H3,(H,22,25)(H,23,26). The summed E-state index contributed by atoms with van der Waals surface area (Å²) in [5, 5.41) is 5.67. The number of benzene rings is 1. The van der Waals surface area contributed by atoms with Crippen molar-refractivity contribution in [3.8, 4) is 5.88 Å². The Kier molecular flexibility index (Phi) is 6.94. The van der Waals surface area contributed by atoms with Crippen LogP contribution < -0.4 is 15.4 Å². The molecule has 2 amide bonds. The van der Waals surface area contributed by atoms with Gasteiger partial charge in [0.15, 0.2) is 0 Å². The Hall–Kier alpha value is -2.97. The Morgan fingerprint density at radius 2 is 1.79 bits per heavy atom. The van der Waals surface area contributed by atoms with Gasteiger partial charge in [0, 0.05) is 30.7 Å². The van der Waals surface area contributed by atoms with Crippen LogP contribution in [0.2, 0.25) is 0 Å². The van der Waals surface area contributed by atoms with Crippen molar-refractivity contribution in [1.29, 1.82) is 0 Å². The third kappa shape index (κ3) is 5.51. The number of hydrogen-bond acceptors (Lipinski definition) is 6. The number of ether oxygens (including phenoxy) is 2. The smallest absolute Gasteiger partial charge is 0.261 e. The lowest BCUT2D eigenvalue weighted by molar-refractivity contribution is -0.118. The lowest BCUT2D eigenvalue weighted by Gasteiger charge is -2.25.